The fourth-order valence-electron chi connectivity index (χ4n) is 2.01. The maximum absolute atomic E-state index is 11.9. The Morgan fingerprint density at radius 3 is 2.26 bits per heavy atom. The van der Waals surface area contributed by atoms with Crippen LogP contribution < -0.4 is 4.72 Å². The number of carbonyl (C=O) groups excluding carboxylic acids is 1. The van der Waals surface area contributed by atoms with E-state index in [1.165, 1.54) is 4.31 Å². The summed E-state index contributed by atoms with van der Waals surface area (Å²) >= 11 is 0. The standard InChI is InChI=1S/C11H22N2O5S/c1-8(2)18-11(15)12-19(16,17)13-6-4-10(5-7-13)9(3)14/h8-10,14H,4-7H2,1-3H3,(H,12,15). The van der Waals surface area contributed by atoms with E-state index in [1.807, 2.05) is 4.72 Å². The predicted molar refractivity (Wildman–Crippen MR) is 69.7 cm³/mol. The Balaban J connectivity index is 2.53. The lowest BCUT2D eigenvalue weighted by molar-refractivity contribution is 0.0902. The van der Waals surface area contributed by atoms with Crippen molar-refractivity contribution in [3.63, 3.8) is 0 Å². The van der Waals surface area contributed by atoms with Gasteiger partial charge in [-0.25, -0.2) is 9.52 Å². The number of aliphatic hydroxyl groups excluding tert-OH is 1. The number of hydrogen-bond acceptors (Lipinski definition) is 5. The second-order valence-electron chi connectivity index (χ2n) is 5.04. The number of carbonyl (C=O) groups is 1. The summed E-state index contributed by atoms with van der Waals surface area (Å²) in [4.78, 5) is 11.3. The fourth-order valence-corrected chi connectivity index (χ4v) is 3.09. The van der Waals surface area contributed by atoms with Gasteiger partial charge in [-0.2, -0.15) is 12.7 Å². The van der Waals surface area contributed by atoms with Gasteiger partial charge in [0, 0.05) is 13.1 Å². The van der Waals surface area contributed by atoms with Gasteiger partial charge >= 0.3 is 16.3 Å². The third-order valence-electron chi connectivity index (χ3n) is 3.08. The molecular formula is C11H22N2O5S. The van der Waals surface area contributed by atoms with E-state index in [9.17, 15) is 18.3 Å². The van der Waals surface area contributed by atoms with E-state index in [0.717, 1.165) is 0 Å². The van der Waals surface area contributed by atoms with Crippen LogP contribution in [0.15, 0.2) is 0 Å². The fraction of sp³-hybridized carbons (Fsp3) is 0.909. The van der Waals surface area contributed by atoms with Gasteiger partial charge in [0.1, 0.15) is 0 Å². The molecule has 19 heavy (non-hydrogen) atoms. The molecule has 1 aliphatic rings. The van der Waals surface area contributed by atoms with Crippen molar-refractivity contribution in [1.29, 1.82) is 0 Å². The lowest BCUT2D eigenvalue weighted by Crippen LogP contribution is -2.48. The highest BCUT2D eigenvalue weighted by Crippen LogP contribution is 2.21. The summed E-state index contributed by atoms with van der Waals surface area (Å²) < 4.78 is 31.6. The van der Waals surface area contributed by atoms with E-state index >= 15 is 0 Å². The zero-order valence-electron chi connectivity index (χ0n) is 11.5. The number of hydrogen-bond donors (Lipinski definition) is 2. The second kappa shape index (κ2) is 6.53. The van der Waals surface area contributed by atoms with E-state index in [2.05, 4.69) is 0 Å². The molecule has 0 spiro atoms. The first-order chi connectivity index (χ1) is 8.72. The molecule has 1 atom stereocenters. The Morgan fingerprint density at radius 1 is 1.32 bits per heavy atom. The van der Waals surface area contributed by atoms with Crippen LogP contribution in [0.1, 0.15) is 33.6 Å². The molecule has 0 aromatic carbocycles. The van der Waals surface area contributed by atoms with Crippen molar-refractivity contribution >= 4 is 16.3 Å². The van der Waals surface area contributed by atoms with Crippen molar-refractivity contribution in [1.82, 2.24) is 9.03 Å². The van der Waals surface area contributed by atoms with Crippen molar-refractivity contribution < 1.29 is 23.1 Å². The minimum Gasteiger partial charge on any atom is -0.446 e. The SMILES string of the molecule is CC(C)OC(=O)NS(=O)(=O)N1CCC(C(C)O)CC1. The van der Waals surface area contributed by atoms with Gasteiger partial charge in [-0.3, -0.25) is 0 Å². The van der Waals surface area contributed by atoms with Crippen LogP contribution in [-0.2, 0) is 14.9 Å². The van der Waals surface area contributed by atoms with Crippen molar-refractivity contribution in [3.05, 3.63) is 0 Å². The Bertz CT molecular complexity index is 399. The number of nitrogens with zero attached hydrogens (tertiary/aromatic N) is 1. The number of ether oxygens (including phenoxy) is 1. The zero-order chi connectivity index (χ0) is 14.6. The van der Waals surface area contributed by atoms with Gasteiger partial charge in [0.25, 0.3) is 0 Å². The van der Waals surface area contributed by atoms with Crippen LogP contribution in [0.4, 0.5) is 4.79 Å². The minimum atomic E-state index is -3.85. The first-order valence-corrected chi connectivity index (χ1v) is 7.83. The largest absolute Gasteiger partial charge is 0.446 e. The second-order valence-corrected chi connectivity index (χ2v) is 6.71. The quantitative estimate of drug-likeness (QED) is 0.785. The zero-order valence-corrected chi connectivity index (χ0v) is 12.3. The molecular weight excluding hydrogens is 272 g/mol. The molecule has 1 fully saturated rings. The van der Waals surface area contributed by atoms with Crippen molar-refractivity contribution in [2.75, 3.05) is 13.1 Å². The Morgan fingerprint density at radius 2 is 1.84 bits per heavy atom. The van der Waals surface area contributed by atoms with Crippen molar-refractivity contribution in [3.8, 4) is 0 Å². The maximum atomic E-state index is 11.9. The average Bonchev–Trinajstić information content (AvgIpc) is 2.27. The lowest BCUT2D eigenvalue weighted by atomic mass is 9.93. The highest BCUT2D eigenvalue weighted by Gasteiger charge is 2.31. The normalized spacial score (nSPS) is 20.3. The molecule has 112 valence electrons. The van der Waals surface area contributed by atoms with Gasteiger partial charge in [0.15, 0.2) is 0 Å². The molecule has 1 amide bonds. The third-order valence-corrected chi connectivity index (χ3v) is 4.55. The molecule has 0 bridgehead atoms. The van der Waals surface area contributed by atoms with Crippen molar-refractivity contribution in [2.24, 2.45) is 5.92 Å². The molecule has 0 aromatic heterocycles. The smallest absolute Gasteiger partial charge is 0.422 e. The van der Waals surface area contributed by atoms with E-state index in [-0.39, 0.29) is 12.0 Å². The maximum Gasteiger partial charge on any atom is 0.422 e. The van der Waals surface area contributed by atoms with Crippen LogP contribution in [0.5, 0.6) is 0 Å². The number of aliphatic hydroxyl groups is 1. The van der Waals surface area contributed by atoms with Crippen LogP contribution in [-0.4, -0.2) is 49.2 Å². The molecule has 0 saturated carbocycles. The molecule has 1 aliphatic heterocycles. The molecule has 1 rings (SSSR count). The molecule has 0 aliphatic carbocycles. The number of piperidine rings is 1. The average molecular weight is 294 g/mol. The van der Waals surface area contributed by atoms with E-state index < -0.39 is 22.4 Å². The third kappa shape index (κ3) is 4.96. The van der Waals surface area contributed by atoms with Crippen LogP contribution in [0.3, 0.4) is 0 Å². The first-order valence-electron chi connectivity index (χ1n) is 6.39. The van der Waals surface area contributed by atoms with Crippen LogP contribution >= 0.6 is 0 Å². The Kier molecular flexibility index (Phi) is 5.57. The van der Waals surface area contributed by atoms with Gasteiger partial charge in [-0.15, -0.1) is 0 Å². The summed E-state index contributed by atoms with van der Waals surface area (Å²) in [5.41, 5.74) is 0. The molecule has 0 radical (unpaired) electrons. The molecule has 0 aromatic rings. The number of nitrogens with one attached hydrogen (secondary N) is 1. The summed E-state index contributed by atoms with van der Waals surface area (Å²) in [7, 11) is -3.85. The Hall–Kier alpha value is -0.860. The summed E-state index contributed by atoms with van der Waals surface area (Å²) in [5.74, 6) is 0.106. The lowest BCUT2D eigenvalue weighted by Gasteiger charge is -2.32. The molecule has 7 nitrogen and oxygen atoms in total. The predicted octanol–water partition coefficient (Wildman–Crippen LogP) is 0.459. The Labute approximate surface area is 114 Å². The van der Waals surface area contributed by atoms with E-state index in [4.69, 9.17) is 4.74 Å². The van der Waals surface area contributed by atoms with Gasteiger partial charge < -0.3 is 9.84 Å². The van der Waals surface area contributed by atoms with Gasteiger partial charge in [-0.05, 0) is 39.5 Å². The van der Waals surface area contributed by atoms with E-state index in [0.29, 0.717) is 25.9 Å². The summed E-state index contributed by atoms with van der Waals surface area (Å²) in [6, 6.07) is 0. The minimum absolute atomic E-state index is 0.106. The van der Waals surface area contributed by atoms with Crippen LogP contribution in [0, 0.1) is 5.92 Å². The first kappa shape index (κ1) is 16.2. The van der Waals surface area contributed by atoms with Gasteiger partial charge in [0.05, 0.1) is 12.2 Å². The molecule has 2 N–H and O–H groups in total. The highest BCUT2D eigenvalue weighted by molar-refractivity contribution is 7.87. The molecule has 1 heterocycles. The summed E-state index contributed by atoms with van der Waals surface area (Å²) in [6.45, 7) is 5.56. The molecule has 1 unspecified atom stereocenters. The van der Waals surface area contributed by atoms with Gasteiger partial charge in [0.2, 0.25) is 0 Å². The number of amides is 1. The summed E-state index contributed by atoms with van der Waals surface area (Å²) in [6.07, 6.45) is -0.622. The molecule has 8 heteroatoms. The topological polar surface area (TPSA) is 95.9 Å². The van der Waals surface area contributed by atoms with Crippen LogP contribution in [0.2, 0.25) is 0 Å². The van der Waals surface area contributed by atoms with Crippen LogP contribution in [0.25, 0.3) is 0 Å². The monoisotopic (exact) mass is 294 g/mol. The van der Waals surface area contributed by atoms with Gasteiger partial charge in [-0.1, -0.05) is 0 Å². The van der Waals surface area contributed by atoms with Crippen molar-refractivity contribution in [2.45, 2.75) is 45.8 Å². The number of rotatable bonds is 4. The van der Waals surface area contributed by atoms with E-state index in [1.54, 1.807) is 20.8 Å². The highest BCUT2D eigenvalue weighted by atomic mass is 32.2. The molecule has 1 saturated heterocycles. The summed E-state index contributed by atoms with van der Waals surface area (Å²) in [5, 5.41) is 9.45.